The molecule has 0 saturated heterocycles. The van der Waals surface area contributed by atoms with E-state index in [2.05, 4.69) is 48.5 Å². The lowest BCUT2D eigenvalue weighted by atomic mass is 9.60. The van der Waals surface area contributed by atoms with E-state index in [9.17, 15) is 9.59 Å². The first-order valence-corrected chi connectivity index (χ1v) is 8.83. The van der Waals surface area contributed by atoms with Crippen LogP contribution in [0.1, 0.15) is 34.2 Å². The van der Waals surface area contributed by atoms with Crippen molar-refractivity contribution < 1.29 is 0 Å². The lowest BCUT2D eigenvalue weighted by Crippen LogP contribution is -2.49. The molecule has 0 saturated carbocycles. The highest BCUT2D eigenvalue weighted by atomic mass is 16.2. The van der Waals surface area contributed by atoms with E-state index in [4.69, 9.17) is 0 Å². The molecule has 4 heteroatoms. The first-order chi connectivity index (χ1) is 12.6. The van der Waals surface area contributed by atoms with Crippen LogP contribution in [-0.2, 0) is 14.1 Å². The smallest absolute Gasteiger partial charge is 0.300 e. The highest BCUT2D eigenvalue weighted by Gasteiger charge is 2.48. The van der Waals surface area contributed by atoms with Crippen LogP contribution in [-0.4, -0.2) is 9.13 Å². The molecule has 1 heterocycles. The van der Waals surface area contributed by atoms with Gasteiger partial charge in [0.2, 0.25) is 0 Å². The molecule has 0 aliphatic heterocycles. The van der Waals surface area contributed by atoms with Gasteiger partial charge in [0.25, 0.3) is 5.56 Å². The number of rotatable bonds is 0. The van der Waals surface area contributed by atoms with Gasteiger partial charge in [-0.2, -0.15) is 0 Å². The van der Waals surface area contributed by atoms with Crippen LogP contribution in [0.4, 0.5) is 0 Å². The fourth-order valence-corrected chi connectivity index (χ4v) is 5.18. The van der Waals surface area contributed by atoms with Gasteiger partial charge >= 0.3 is 5.69 Å². The number of fused-ring (bicyclic) bond motifs is 6. The first kappa shape index (κ1) is 14.1. The van der Waals surface area contributed by atoms with Crippen LogP contribution in [0, 0.1) is 0 Å². The molecule has 0 N–H and O–H groups in total. The third kappa shape index (κ3) is 1.36. The number of hydrogen-bond acceptors (Lipinski definition) is 2. The molecular weight excluding hydrogens is 324 g/mol. The van der Waals surface area contributed by atoms with Gasteiger partial charge in [-0.3, -0.25) is 13.9 Å². The molecule has 1 aromatic heterocycles. The third-order valence-electron chi connectivity index (χ3n) is 6.31. The van der Waals surface area contributed by atoms with Crippen LogP contribution in [0.3, 0.4) is 0 Å². The summed E-state index contributed by atoms with van der Waals surface area (Å²) in [6, 6.07) is 17.0. The van der Waals surface area contributed by atoms with Crippen molar-refractivity contribution >= 4 is 21.5 Å². The lowest BCUT2D eigenvalue weighted by Gasteiger charge is -2.44. The Morgan fingerprint density at radius 1 is 0.731 bits per heavy atom. The zero-order valence-electron chi connectivity index (χ0n) is 14.5. The normalized spacial score (nSPS) is 19.5. The van der Waals surface area contributed by atoms with Crippen molar-refractivity contribution in [3.63, 3.8) is 0 Å². The van der Waals surface area contributed by atoms with Crippen LogP contribution in [0.2, 0.25) is 0 Å². The largest absolute Gasteiger partial charge is 0.330 e. The second-order valence-electron chi connectivity index (χ2n) is 7.42. The fourth-order valence-electron chi connectivity index (χ4n) is 5.18. The quantitative estimate of drug-likeness (QED) is 0.462. The van der Waals surface area contributed by atoms with Crippen molar-refractivity contribution in [3.8, 4) is 0 Å². The van der Waals surface area contributed by atoms with E-state index in [0.717, 1.165) is 11.3 Å². The molecule has 0 spiro atoms. The molecule has 0 unspecified atom stereocenters. The van der Waals surface area contributed by atoms with Gasteiger partial charge in [-0.1, -0.05) is 48.5 Å². The lowest BCUT2D eigenvalue weighted by molar-refractivity contribution is 0.495. The summed E-state index contributed by atoms with van der Waals surface area (Å²) in [7, 11) is 3.34. The van der Waals surface area contributed by atoms with Crippen molar-refractivity contribution in [2.24, 2.45) is 14.1 Å². The van der Waals surface area contributed by atoms with Gasteiger partial charge in [0.15, 0.2) is 0 Å². The van der Waals surface area contributed by atoms with Gasteiger partial charge in [0.05, 0.1) is 0 Å². The Kier molecular flexibility index (Phi) is 2.34. The molecule has 0 amide bonds. The fraction of sp³-hybridized carbons (Fsp3) is 0.182. The van der Waals surface area contributed by atoms with Crippen LogP contribution in [0.5, 0.6) is 0 Å². The van der Waals surface area contributed by atoms with Gasteiger partial charge in [-0.15, -0.1) is 0 Å². The molecule has 2 aliphatic rings. The molecule has 26 heavy (non-hydrogen) atoms. The Morgan fingerprint density at radius 2 is 1.31 bits per heavy atom. The molecular formula is C22H16N2O2. The molecule has 0 bridgehead atoms. The molecule has 0 fully saturated rings. The SMILES string of the molecule is Cn1c2c(c(=O)n(C)c1=O)[C@@H]1c3cccc4ccc5cccc(c5c34)[C@H]21. The number of nitrogens with zero attached hydrogens (tertiary/aromatic N) is 2. The summed E-state index contributed by atoms with van der Waals surface area (Å²) in [5.41, 5.74) is 3.68. The van der Waals surface area contributed by atoms with E-state index < -0.39 is 0 Å². The van der Waals surface area contributed by atoms with Gasteiger partial charge in [-0.25, -0.2) is 4.79 Å². The monoisotopic (exact) mass is 340 g/mol. The summed E-state index contributed by atoms with van der Waals surface area (Å²) in [6.45, 7) is 0. The Hall–Kier alpha value is -3.14. The standard InChI is InChI=1S/C22H16N2O2/c1-23-20-18-14-8-4-6-12-10-9-11-5-3-7-13(15(11)16(12)14)17(18)19(20)21(25)24(2)22(23)26/h3-10,17-18H,1-2H3/t17-,18+/m1/s1. The van der Waals surface area contributed by atoms with E-state index in [1.807, 2.05) is 0 Å². The van der Waals surface area contributed by atoms with E-state index in [1.54, 1.807) is 18.7 Å². The summed E-state index contributed by atoms with van der Waals surface area (Å²) >= 11 is 0. The van der Waals surface area contributed by atoms with Crippen LogP contribution in [0.15, 0.2) is 58.1 Å². The maximum absolute atomic E-state index is 12.9. The predicted octanol–water partition coefficient (Wildman–Crippen LogP) is 2.98. The van der Waals surface area contributed by atoms with E-state index in [1.165, 1.54) is 37.2 Å². The molecule has 4 nitrogen and oxygen atoms in total. The van der Waals surface area contributed by atoms with Crippen LogP contribution in [0.25, 0.3) is 21.5 Å². The molecule has 2 atom stereocenters. The maximum Gasteiger partial charge on any atom is 0.330 e. The first-order valence-electron chi connectivity index (χ1n) is 8.83. The summed E-state index contributed by atoms with van der Waals surface area (Å²) in [5, 5.41) is 4.93. The Morgan fingerprint density at radius 3 is 1.92 bits per heavy atom. The minimum absolute atomic E-state index is 0.0275. The highest BCUT2D eigenvalue weighted by molar-refractivity contribution is 6.13. The zero-order valence-corrected chi connectivity index (χ0v) is 14.5. The minimum Gasteiger partial charge on any atom is -0.300 e. The Bertz CT molecular complexity index is 1410. The third-order valence-corrected chi connectivity index (χ3v) is 6.31. The molecule has 2 aliphatic carbocycles. The van der Waals surface area contributed by atoms with Crippen LogP contribution >= 0.6 is 0 Å². The predicted molar refractivity (Wildman–Crippen MR) is 102 cm³/mol. The van der Waals surface area contributed by atoms with E-state index >= 15 is 0 Å². The van der Waals surface area contributed by atoms with E-state index in [-0.39, 0.29) is 23.1 Å². The van der Waals surface area contributed by atoms with Crippen molar-refractivity contribution in [3.05, 3.63) is 91.8 Å². The average Bonchev–Trinajstić information content (AvgIpc) is 2.64. The maximum atomic E-state index is 12.9. The van der Waals surface area contributed by atoms with Crippen LogP contribution < -0.4 is 11.2 Å². The number of benzene rings is 3. The van der Waals surface area contributed by atoms with Crippen molar-refractivity contribution in [2.45, 2.75) is 11.8 Å². The molecule has 0 radical (unpaired) electrons. The molecule has 4 aromatic rings. The summed E-state index contributed by atoms with van der Waals surface area (Å²) in [6.07, 6.45) is 0. The highest BCUT2D eigenvalue weighted by Crippen LogP contribution is 2.58. The average molecular weight is 340 g/mol. The van der Waals surface area contributed by atoms with Gasteiger partial charge in [0, 0.05) is 37.2 Å². The summed E-state index contributed by atoms with van der Waals surface area (Å²) in [4.78, 5) is 25.4. The number of hydrogen-bond donors (Lipinski definition) is 0. The second-order valence-corrected chi connectivity index (χ2v) is 7.42. The van der Waals surface area contributed by atoms with E-state index in [0.29, 0.717) is 0 Å². The van der Waals surface area contributed by atoms with Crippen molar-refractivity contribution in [1.29, 1.82) is 0 Å². The molecule has 6 rings (SSSR count). The second kappa shape index (κ2) is 4.33. The topological polar surface area (TPSA) is 44.0 Å². The van der Waals surface area contributed by atoms with Gasteiger partial charge < -0.3 is 0 Å². The summed E-state index contributed by atoms with van der Waals surface area (Å²) < 4.78 is 2.89. The van der Waals surface area contributed by atoms with Crippen molar-refractivity contribution in [2.75, 3.05) is 0 Å². The Balaban J connectivity index is 1.86. The van der Waals surface area contributed by atoms with Gasteiger partial charge in [0.1, 0.15) is 0 Å². The van der Waals surface area contributed by atoms with Crippen molar-refractivity contribution in [1.82, 2.24) is 9.13 Å². The summed E-state index contributed by atoms with van der Waals surface area (Å²) in [5.74, 6) is 0.0977. The Labute approximate surface area is 148 Å². The minimum atomic E-state index is -0.253. The number of aromatic nitrogens is 2. The zero-order chi connectivity index (χ0) is 17.7. The molecule has 3 aromatic carbocycles. The molecule has 126 valence electrons. The van der Waals surface area contributed by atoms with Gasteiger partial charge in [-0.05, 0) is 32.7 Å².